The molecule has 0 saturated heterocycles. The predicted octanol–water partition coefficient (Wildman–Crippen LogP) is -0.157. The molecule has 170 valence electrons. The van der Waals surface area contributed by atoms with E-state index in [4.69, 9.17) is 28.4 Å². The van der Waals surface area contributed by atoms with Gasteiger partial charge in [0, 0.05) is 41.5 Å². The van der Waals surface area contributed by atoms with Crippen LogP contribution in [0.3, 0.4) is 0 Å². The zero-order valence-electron chi connectivity index (χ0n) is 17.7. The van der Waals surface area contributed by atoms with Crippen LogP contribution in [0.5, 0.6) is 0 Å². The second-order valence-corrected chi connectivity index (χ2v) is 6.30. The van der Waals surface area contributed by atoms with Crippen molar-refractivity contribution in [2.75, 3.05) is 26.4 Å². The summed E-state index contributed by atoms with van der Waals surface area (Å²) >= 11 is 0. The Labute approximate surface area is 173 Å². The molecule has 0 aromatic rings. The third-order valence-electron chi connectivity index (χ3n) is 3.54. The standard InChI is InChI=1S/C18H26O12/c1-11(19)25-7-17(29-15(5)23,8-26-12(2)20)18(30-16(6)24,9-27-13(3)21)10-28-14(4)22/h7-10H2,1-6H3. The van der Waals surface area contributed by atoms with Gasteiger partial charge in [-0.25, -0.2) is 0 Å². The lowest BCUT2D eigenvalue weighted by Crippen LogP contribution is -2.68. The maximum absolute atomic E-state index is 11.9. The minimum absolute atomic E-state index is 0.787. The molecule has 12 nitrogen and oxygen atoms in total. The summed E-state index contributed by atoms with van der Waals surface area (Å²) in [5.74, 6) is -5.15. The first kappa shape index (κ1) is 26.8. The van der Waals surface area contributed by atoms with Gasteiger partial charge < -0.3 is 28.4 Å². The largest absolute Gasteiger partial charge is 0.461 e. The van der Waals surface area contributed by atoms with E-state index in [1.807, 2.05) is 0 Å². The number of hydrogen-bond donors (Lipinski definition) is 0. The molecule has 0 fully saturated rings. The molecule has 0 aliphatic carbocycles. The molecule has 0 saturated carbocycles. The second-order valence-electron chi connectivity index (χ2n) is 6.30. The monoisotopic (exact) mass is 434 g/mol. The summed E-state index contributed by atoms with van der Waals surface area (Å²) in [5.41, 5.74) is -4.46. The van der Waals surface area contributed by atoms with Gasteiger partial charge >= 0.3 is 35.8 Å². The first-order chi connectivity index (χ1) is 13.7. The number of hydrogen-bond acceptors (Lipinski definition) is 12. The van der Waals surface area contributed by atoms with Crippen molar-refractivity contribution in [1.29, 1.82) is 0 Å². The summed E-state index contributed by atoms with van der Waals surface area (Å²) in [6.07, 6.45) is 0. The molecular weight excluding hydrogens is 408 g/mol. The molecule has 30 heavy (non-hydrogen) atoms. The highest BCUT2D eigenvalue weighted by Gasteiger charge is 2.61. The van der Waals surface area contributed by atoms with Crippen molar-refractivity contribution >= 4 is 35.8 Å². The fraction of sp³-hybridized carbons (Fsp3) is 0.667. The summed E-state index contributed by atoms with van der Waals surface area (Å²) < 4.78 is 30.5. The summed E-state index contributed by atoms with van der Waals surface area (Å²) in [6.45, 7) is 3.04. The molecule has 0 unspecified atom stereocenters. The highest BCUT2D eigenvalue weighted by Crippen LogP contribution is 2.34. The van der Waals surface area contributed by atoms with E-state index in [0.29, 0.717) is 0 Å². The normalized spacial score (nSPS) is 11.0. The maximum atomic E-state index is 11.9. The molecule has 0 radical (unpaired) electrons. The Morgan fingerprint density at radius 2 is 0.633 bits per heavy atom. The van der Waals surface area contributed by atoms with Crippen LogP contribution in [0, 0.1) is 0 Å². The van der Waals surface area contributed by atoms with Gasteiger partial charge in [0.1, 0.15) is 26.4 Å². The van der Waals surface area contributed by atoms with Crippen molar-refractivity contribution in [3.63, 3.8) is 0 Å². The predicted molar refractivity (Wildman–Crippen MR) is 95.5 cm³/mol. The van der Waals surface area contributed by atoms with Gasteiger partial charge in [-0.2, -0.15) is 0 Å². The maximum Gasteiger partial charge on any atom is 0.303 e. The molecule has 0 rings (SSSR count). The summed E-state index contributed by atoms with van der Waals surface area (Å²) in [5, 5.41) is 0. The van der Waals surface area contributed by atoms with Crippen molar-refractivity contribution in [1.82, 2.24) is 0 Å². The Hall–Kier alpha value is -3.18. The van der Waals surface area contributed by atoms with Gasteiger partial charge in [0.25, 0.3) is 0 Å². The van der Waals surface area contributed by atoms with E-state index in [-0.39, 0.29) is 0 Å². The lowest BCUT2D eigenvalue weighted by atomic mass is 9.83. The molecule has 0 aliphatic rings. The van der Waals surface area contributed by atoms with E-state index < -0.39 is 73.4 Å². The van der Waals surface area contributed by atoms with Crippen molar-refractivity contribution < 1.29 is 57.2 Å². The minimum atomic E-state index is -2.23. The number of esters is 6. The van der Waals surface area contributed by atoms with Crippen LogP contribution >= 0.6 is 0 Å². The van der Waals surface area contributed by atoms with Gasteiger partial charge in [-0.05, 0) is 0 Å². The molecule has 0 heterocycles. The van der Waals surface area contributed by atoms with E-state index >= 15 is 0 Å². The van der Waals surface area contributed by atoms with Crippen molar-refractivity contribution in [2.24, 2.45) is 0 Å². The van der Waals surface area contributed by atoms with Crippen molar-refractivity contribution in [3.8, 4) is 0 Å². The van der Waals surface area contributed by atoms with Crippen LogP contribution in [-0.2, 0) is 57.2 Å². The first-order valence-electron chi connectivity index (χ1n) is 8.68. The molecule has 0 N–H and O–H groups in total. The molecule has 0 amide bonds. The quantitative estimate of drug-likeness (QED) is 0.313. The van der Waals surface area contributed by atoms with Gasteiger partial charge in [0.15, 0.2) is 0 Å². The Kier molecular flexibility index (Phi) is 10.5. The van der Waals surface area contributed by atoms with Crippen LogP contribution in [0.4, 0.5) is 0 Å². The van der Waals surface area contributed by atoms with E-state index in [1.54, 1.807) is 0 Å². The second kappa shape index (κ2) is 11.7. The minimum Gasteiger partial charge on any atom is -0.461 e. The molecule has 12 heteroatoms. The third kappa shape index (κ3) is 8.88. The van der Waals surface area contributed by atoms with Gasteiger partial charge in [-0.3, -0.25) is 28.8 Å². The van der Waals surface area contributed by atoms with Crippen LogP contribution in [-0.4, -0.2) is 73.4 Å². The van der Waals surface area contributed by atoms with Crippen molar-refractivity contribution in [3.05, 3.63) is 0 Å². The van der Waals surface area contributed by atoms with Crippen LogP contribution in [0.2, 0.25) is 0 Å². The zero-order valence-corrected chi connectivity index (χ0v) is 17.7. The lowest BCUT2D eigenvalue weighted by molar-refractivity contribution is -0.257. The molecule has 0 spiro atoms. The fourth-order valence-electron chi connectivity index (χ4n) is 2.34. The van der Waals surface area contributed by atoms with Crippen LogP contribution in [0.1, 0.15) is 41.5 Å². The van der Waals surface area contributed by atoms with Crippen LogP contribution in [0.15, 0.2) is 0 Å². The molecular formula is C18H26O12. The lowest BCUT2D eigenvalue weighted by Gasteiger charge is -2.45. The zero-order chi connectivity index (χ0) is 23.5. The van der Waals surface area contributed by atoms with Crippen molar-refractivity contribution in [2.45, 2.75) is 52.7 Å². The molecule has 0 aromatic carbocycles. The number of carbonyl (C=O) groups is 6. The van der Waals surface area contributed by atoms with Crippen LogP contribution in [0.25, 0.3) is 0 Å². The average Bonchev–Trinajstić information content (AvgIpc) is 2.58. The molecule has 0 bridgehead atoms. The summed E-state index contributed by atoms with van der Waals surface area (Å²) in [6, 6.07) is 0. The Morgan fingerprint density at radius 3 is 0.767 bits per heavy atom. The topological polar surface area (TPSA) is 158 Å². The fourth-order valence-corrected chi connectivity index (χ4v) is 2.34. The highest BCUT2D eigenvalue weighted by atomic mass is 16.7. The van der Waals surface area contributed by atoms with Gasteiger partial charge in [-0.1, -0.05) is 0 Å². The van der Waals surface area contributed by atoms with Gasteiger partial charge in [-0.15, -0.1) is 0 Å². The Morgan fingerprint density at radius 1 is 0.433 bits per heavy atom. The molecule has 0 aliphatic heterocycles. The first-order valence-corrected chi connectivity index (χ1v) is 8.68. The summed E-state index contributed by atoms with van der Waals surface area (Å²) in [4.78, 5) is 69.6. The highest BCUT2D eigenvalue weighted by molar-refractivity contribution is 5.71. The van der Waals surface area contributed by atoms with E-state index in [1.165, 1.54) is 0 Å². The van der Waals surface area contributed by atoms with Gasteiger partial charge in [0.2, 0.25) is 11.2 Å². The SMILES string of the molecule is CC(=O)OCC(COC(C)=O)(OC(C)=O)C(COC(C)=O)(COC(C)=O)OC(C)=O. The number of ether oxygens (including phenoxy) is 6. The average molecular weight is 434 g/mol. The molecule has 0 atom stereocenters. The van der Waals surface area contributed by atoms with E-state index in [2.05, 4.69) is 0 Å². The Balaban J connectivity index is 6.72. The smallest absolute Gasteiger partial charge is 0.303 e. The van der Waals surface area contributed by atoms with Gasteiger partial charge in [0.05, 0.1) is 0 Å². The van der Waals surface area contributed by atoms with Crippen LogP contribution < -0.4 is 0 Å². The van der Waals surface area contributed by atoms with E-state index in [9.17, 15) is 28.8 Å². The Bertz CT molecular complexity index is 587. The number of carbonyl (C=O) groups excluding carboxylic acids is 6. The third-order valence-corrected chi connectivity index (χ3v) is 3.54. The van der Waals surface area contributed by atoms with E-state index in [0.717, 1.165) is 41.5 Å². The number of rotatable bonds is 11. The summed E-state index contributed by atoms with van der Waals surface area (Å²) in [7, 11) is 0. The molecule has 0 aromatic heterocycles.